The van der Waals surface area contributed by atoms with Gasteiger partial charge in [0.1, 0.15) is 6.61 Å². The summed E-state index contributed by atoms with van der Waals surface area (Å²) in [4.78, 5) is 0. The van der Waals surface area contributed by atoms with Crippen LogP contribution in [-0.2, 0) is 19.7 Å². The molecule has 0 N–H and O–H groups in total. The number of hydrogen-bond donors (Lipinski definition) is 0. The van der Waals surface area contributed by atoms with Crippen LogP contribution in [0.4, 0.5) is 0 Å². The monoisotopic (exact) mass is 132 g/mol. The van der Waals surface area contributed by atoms with Crippen molar-refractivity contribution in [2.24, 2.45) is 0 Å². The molecule has 0 radical (unpaired) electrons. The molecule has 1 saturated heterocycles. The molecule has 1 heterocycles. The smallest absolute Gasteiger partial charge is 0.265 e. The standard InChI is InChI=1S/C4H4O3S/c1-2-4-3-6-8(5)7-4/h1,4H,3H2/t4?,8-/m0/s1. The number of rotatable bonds is 0. The van der Waals surface area contributed by atoms with Gasteiger partial charge in [0, 0.05) is 0 Å². The Morgan fingerprint density at radius 2 is 2.62 bits per heavy atom. The Bertz CT molecular complexity index is 148. The van der Waals surface area contributed by atoms with Crippen LogP contribution in [0.3, 0.4) is 0 Å². The Hall–Kier alpha value is -0.370. The molecule has 1 unspecified atom stereocenters. The number of hydrogen-bond acceptors (Lipinski definition) is 3. The highest BCUT2D eigenvalue weighted by atomic mass is 32.2. The van der Waals surface area contributed by atoms with Crippen LogP contribution in [0.2, 0.25) is 0 Å². The summed E-state index contributed by atoms with van der Waals surface area (Å²) in [5.74, 6) is 2.25. The van der Waals surface area contributed by atoms with Crippen LogP contribution in [0.25, 0.3) is 0 Å². The van der Waals surface area contributed by atoms with Crippen molar-refractivity contribution in [2.45, 2.75) is 6.10 Å². The summed E-state index contributed by atoms with van der Waals surface area (Å²) in [7, 11) is 0. The maximum Gasteiger partial charge on any atom is 0.306 e. The molecule has 0 aromatic carbocycles. The minimum absolute atomic E-state index is 0.239. The van der Waals surface area contributed by atoms with Crippen molar-refractivity contribution in [3.05, 3.63) is 0 Å². The first kappa shape index (κ1) is 5.76. The Morgan fingerprint density at radius 1 is 1.88 bits per heavy atom. The molecular weight excluding hydrogens is 128 g/mol. The quantitative estimate of drug-likeness (QED) is 0.421. The normalized spacial score (nSPS) is 36.9. The minimum atomic E-state index is -1.60. The average Bonchev–Trinajstić information content (AvgIpc) is 2.14. The fraction of sp³-hybridized carbons (Fsp3) is 0.500. The molecule has 1 aliphatic rings. The molecule has 4 heteroatoms. The first-order chi connectivity index (χ1) is 3.83. The van der Waals surface area contributed by atoms with Crippen molar-refractivity contribution in [3.8, 4) is 12.3 Å². The molecular formula is C4H4O3S. The molecule has 0 aromatic rings. The third-order valence-electron chi connectivity index (χ3n) is 0.696. The molecule has 0 saturated carbocycles. The van der Waals surface area contributed by atoms with Gasteiger partial charge in [-0.3, -0.25) is 4.18 Å². The highest BCUT2D eigenvalue weighted by molar-refractivity contribution is 7.75. The number of terminal acetylenes is 1. The fourth-order valence-corrected chi connectivity index (χ4v) is 0.935. The lowest BCUT2D eigenvalue weighted by Crippen LogP contribution is -2.03. The molecule has 0 aromatic heterocycles. The van der Waals surface area contributed by atoms with Crippen LogP contribution >= 0.6 is 0 Å². The molecule has 0 amide bonds. The molecule has 0 aliphatic carbocycles. The van der Waals surface area contributed by atoms with E-state index >= 15 is 0 Å². The van der Waals surface area contributed by atoms with Crippen LogP contribution in [0, 0.1) is 12.3 Å². The summed E-state index contributed by atoms with van der Waals surface area (Å²) in [6, 6.07) is 0. The molecule has 3 nitrogen and oxygen atoms in total. The van der Waals surface area contributed by atoms with Gasteiger partial charge in [-0.1, -0.05) is 5.92 Å². The first-order valence-corrected chi connectivity index (χ1v) is 3.01. The molecule has 1 aliphatic heterocycles. The highest BCUT2D eigenvalue weighted by Crippen LogP contribution is 2.06. The Labute approximate surface area is 49.8 Å². The van der Waals surface area contributed by atoms with Crippen molar-refractivity contribution in [1.29, 1.82) is 0 Å². The topological polar surface area (TPSA) is 35.5 Å². The minimum Gasteiger partial charge on any atom is -0.265 e. The second kappa shape index (κ2) is 2.27. The van der Waals surface area contributed by atoms with E-state index in [0.29, 0.717) is 0 Å². The lowest BCUT2D eigenvalue weighted by atomic mass is 10.4. The highest BCUT2D eigenvalue weighted by Gasteiger charge is 2.20. The van der Waals surface area contributed by atoms with E-state index < -0.39 is 17.5 Å². The van der Waals surface area contributed by atoms with E-state index in [1.807, 2.05) is 0 Å². The van der Waals surface area contributed by atoms with Gasteiger partial charge in [0.2, 0.25) is 0 Å². The van der Waals surface area contributed by atoms with Gasteiger partial charge in [0.05, 0.1) is 0 Å². The summed E-state index contributed by atoms with van der Waals surface area (Å²) < 4.78 is 19.2. The van der Waals surface area contributed by atoms with Crippen molar-refractivity contribution < 1.29 is 12.6 Å². The van der Waals surface area contributed by atoms with Gasteiger partial charge >= 0.3 is 11.4 Å². The van der Waals surface area contributed by atoms with Crippen LogP contribution < -0.4 is 0 Å². The third kappa shape index (κ3) is 1.07. The lowest BCUT2D eigenvalue weighted by molar-refractivity contribution is 0.302. The predicted molar refractivity (Wildman–Crippen MR) is 27.8 cm³/mol. The van der Waals surface area contributed by atoms with Gasteiger partial charge in [0.15, 0.2) is 6.10 Å². The van der Waals surface area contributed by atoms with Crippen molar-refractivity contribution in [3.63, 3.8) is 0 Å². The van der Waals surface area contributed by atoms with Crippen LogP contribution in [-0.4, -0.2) is 16.9 Å². The third-order valence-corrected chi connectivity index (χ3v) is 1.41. The Balaban J connectivity index is 2.47. The summed E-state index contributed by atoms with van der Waals surface area (Å²) in [6.07, 6.45) is 4.49. The van der Waals surface area contributed by atoms with Gasteiger partial charge in [-0.15, -0.1) is 6.42 Å². The van der Waals surface area contributed by atoms with E-state index in [1.165, 1.54) is 0 Å². The molecule has 2 atom stereocenters. The van der Waals surface area contributed by atoms with Crippen LogP contribution in [0.15, 0.2) is 0 Å². The van der Waals surface area contributed by atoms with E-state index in [-0.39, 0.29) is 6.61 Å². The van der Waals surface area contributed by atoms with Crippen molar-refractivity contribution in [2.75, 3.05) is 6.61 Å². The first-order valence-electron chi connectivity index (χ1n) is 2.01. The fourth-order valence-electron chi connectivity index (χ4n) is 0.344. The zero-order valence-corrected chi connectivity index (χ0v) is 4.81. The second-order valence-corrected chi connectivity index (χ2v) is 2.08. The maximum absolute atomic E-state index is 10.2. The van der Waals surface area contributed by atoms with Gasteiger partial charge in [0.25, 0.3) is 0 Å². The maximum atomic E-state index is 10.2. The van der Waals surface area contributed by atoms with Gasteiger partial charge < -0.3 is 0 Å². The van der Waals surface area contributed by atoms with E-state index in [9.17, 15) is 4.21 Å². The van der Waals surface area contributed by atoms with E-state index in [1.54, 1.807) is 0 Å². The largest absolute Gasteiger partial charge is 0.306 e. The molecule has 1 rings (SSSR count). The zero-order chi connectivity index (χ0) is 5.98. The van der Waals surface area contributed by atoms with E-state index in [2.05, 4.69) is 14.3 Å². The van der Waals surface area contributed by atoms with Crippen molar-refractivity contribution in [1.82, 2.24) is 0 Å². The summed E-state index contributed by atoms with van der Waals surface area (Å²) in [5, 5.41) is 0. The van der Waals surface area contributed by atoms with E-state index in [0.717, 1.165) is 0 Å². The van der Waals surface area contributed by atoms with Gasteiger partial charge in [-0.25, -0.2) is 4.18 Å². The second-order valence-electron chi connectivity index (χ2n) is 1.24. The van der Waals surface area contributed by atoms with Crippen LogP contribution in [0.5, 0.6) is 0 Å². The summed E-state index contributed by atoms with van der Waals surface area (Å²) >= 11 is -1.60. The average molecular weight is 132 g/mol. The van der Waals surface area contributed by atoms with E-state index in [4.69, 9.17) is 6.42 Å². The van der Waals surface area contributed by atoms with Crippen molar-refractivity contribution >= 4 is 11.4 Å². The summed E-state index contributed by atoms with van der Waals surface area (Å²) in [5.41, 5.74) is 0. The Morgan fingerprint density at radius 3 is 2.88 bits per heavy atom. The molecule has 0 spiro atoms. The zero-order valence-electron chi connectivity index (χ0n) is 3.99. The predicted octanol–water partition coefficient (Wildman–Crippen LogP) is -0.386. The molecule has 44 valence electrons. The summed E-state index contributed by atoms with van der Waals surface area (Å²) in [6.45, 7) is 0.239. The molecule has 0 bridgehead atoms. The Kier molecular flexibility index (Phi) is 1.63. The van der Waals surface area contributed by atoms with Gasteiger partial charge in [-0.05, 0) is 0 Å². The lowest BCUT2D eigenvalue weighted by Gasteiger charge is -1.87. The molecule has 1 fully saturated rings. The SMILES string of the molecule is C#CC1CO[S@](=O)O1. The van der Waals surface area contributed by atoms with Crippen LogP contribution in [0.1, 0.15) is 0 Å². The molecule has 8 heavy (non-hydrogen) atoms. The van der Waals surface area contributed by atoms with Gasteiger partial charge in [-0.2, -0.15) is 4.21 Å².